The van der Waals surface area contributed by atoms with Crippen LogP contribution in [0.15, 0.2) is 44.1 Å². The molecule has 3 nitrogen and oxygen atoms in total. The molecule has 0 aliphatic carbocycles. The van der Waals surface area contributed by atoms with Gasteiger partial charge in [-0.1, -0.05) is 0 Å². The molecule has 106 valence electrons. The molecule has 1 aromatic carbocycles. The summed E-state index contributed by atoms with van der Waals surface area (Å²) < 4.78 is 32.4. The average Bonchev–Trinajstić information content (AvgIpc) is 2.97. The third-order valence-corrected chi connectivity index (χ3v) is 4.20. The van der Waals surface area contributed by atoms with Gasteiger partial charge in [0.25, 0.3) is 0 Å². The van der Waals surface area contributed by atoms with E-state index in [4.69, 9.17) is 4.74 Å². The van der Waals surface area contributed by atoms with Gasteiger partial charge in [0.05, 0.1) is 9.35 Å². The summed E-state index contributed by atoms with van der Waals surface area (Å²) in [7, 11) is 0. The lowest BCUT2D eigenvalue weighted by Crippen LogP contribution is -2.07. The van der Waals surface area contributed by atoms with Crippen molar-refractivity contribution in [2.45, 2.75) is 0 Å². The van der Waals surface area contributed by atoms with Crippen LogP contribution in [0.4, 0.5) is 8.78 Å². The Labute approximate surface area is 130 Å². The quantitative estimate of drug-likeness (QED) is 0.589. The number of halogens is 3. The van der Waals surface area contributed by atoms with Crippen molar-refractivity contribution >= 4 is 45.2 Å². The monoisotopic (exact) mass is 369 g/mol. The summed E-state index contributed by atoms with van der Waals surface area (Å²) in [5.74, 6) is -2.38. The van der Waals surface area contributed by atoms with E-state index in [1.165, 1.54) is 23.5 Å². The van der Waals surface area contributed by atoms with E-state index in [2.05, 4.69) is 20.9 Å². The highest BCUT2D eigenvalue weighted by Crippen LogP contribution is 2.25. The highest BCUT2D eigenvalue weighted by atomic mass is 79.9. The van der Waals surface area contributed by atoms with Gasteiger partial charge in [0, 0.05) is 6.07 Å². The van der Waals surface area contributed by atoms with Crippen molar-refractivity contribution in [1.82, 2.24) is 0 Å². The van der Waals surface area contributed by atoms with Crippen LogP contribution in [0.2, 0.25) is 0 Å². The number of aliphatic imine (C=N–C) groups is 1. The smallest absolute Gasteiger partial charge is 0.363 e. The number of hydrogen-bond acceptors (Lipinski definition) is 4. The SMILES string of the molecule is O=C1OC(c2ccc(F)cc2F)=NC1=Cc1csc(Br)c1. The first-order valence-electron chi connectivity index (χ1n) is 5.75. The topological polar surface area (TPSA) is 38.7 Å². The van der Waals surface area contributed by atoms with Crippen molar-refractivity contribution in [2.24, 2.45) is 4.99 Å². The Morgan fingerprint density at radius 2 is 2.10 bits per heavy atom. The predicted molar refractivity (Wildman–Crippen MR) is 79.0 cm³/mol. The van der Waals surface area contributed by atoms with Crippen molar-refractivity contribution in [3.8, 4) is 0 Å². The Hall–Kier alpha value is -1.86. The molecule has 1 aliphatic heterocycles. The molecule has 3 rings (SSSR count). The molecule has 1 aromatic heterocycles. The fourth-order valence-corrected chi connectivity index (χ4v) is 2.88. The largest absolute Gasteiger partial charge is 0.402 e. The van der Waals surface area contributed by atoms with Gasteiger partial charge in [-0.25, -0.2) is 18.6 Å². The normalized spacial score (nSPS) is 16.2. The van der Waals surface area contributed by atoms with Gasteiger partial charge in [0.2, 0.25) is 5.90 Å². The van der Waals surface area contributed by atoms with Crippen molar-refractivity contribution < 1.29 is 18.3 Å². The van der Waals surface area contributed by atoms with E-state index in [0.717, 1.165) is 15.4 Å². The third kappa shape index (κ3) is 2.93. The predicted octanol–water partition coefficient (Wildman–Crippen LogP) is 4.13. The van der Waals surface area contributed by atoms with Crippen molar-refractivity contribution in [1.29, 1.82) is 0 Å². The molecule has 1 aliphatic rings. The van der Waals surface area contributed by atoms with Crippen LogP contribution in [0, 0.1) is 11.6 Å². The lowest BCUT2D eigenvalue weighted by atomic mass is 10.2. The van der Waals surface area contributed by atoms with E-state index >= 15 is 0 Å². The summed E-state index contributed by atoms with van der Waals surface area (Å²) in [6.07, 6.45) is 1.54. The highest BCUT2D eigenvalue weighted by molar-refractivity contribution is 9.11. The Balaban J connectivity index is 1.97. The Morgan fingerprint density at radius 3 is 2.76 bits per heavy atom. The number of nitrogens with zero attached hydrogens (tertiary/aromatic N) is 1. The summed E-state index contributed by atoms with van der Waals surface area (Å²) in [6.45, 7) is 0. The molecule has 0 radical (unpaired) electrons. The molecule has 21 heavy (non-hydrogen) atoms. The molecule has 0 N–H and O–H groups in total. The Bertz CT molecular complexity index is 798. The number of ether oxygens (including phenoxy) is 1. The zero-order chi connectivity index (χ0) is 15.0. The molecule has 0 saturated heterocycles. The summed E-state index contributed by atoms with van der Waals surface area (Å²) in [5.41, 5.74) is 0.794. The van der Waals surface area contributed by atoms with Crippen LogP contribution >= 0.6 is 27.3 Å². The molecular weight excluding hydrogens is 364 g/mol. The molecule has 0 amide bonds. The van der Waals surface area contributed by atoms with Crippen LogP contribution in [0.25, 0.3) is 6.08 Å². The number of carbonyl (C=O) groups is 1. The first-order chi connectivity index (χ1) is 10.0. The van der Waals surface area contributed by atoms with Gasteiger partial charge in [-0.3, -0.25) is 0 Å². The number of hydrogen-bond donors (Lipinski definition) is 0. The number of benzene rings is 1. The molecule has 0 unspecified atom stereocenters. The second-order valence-electron chi connectivity index (χ2n) is 4.14. The van der Waals surface area contributed by atoms with Crippen LogP contribution in [0.5, 0.6) is 0 Å². The highest BCUT2D eigenvalue weighted by Gasteiger charge is 2.26. The standard InChI is InChI=1S/C14H6BrF2NO2S/c15-12-4-7(6-21-12)3-11-14(19)20-13(18-11)9-2-1-8(16)5-10(9)17/h1-6H. The number of esters is 1. The summed E-state index contributed by atoms with van der Waals surface area (Å²) in [4.78, 5) is 15.7. The average molecular weight is 370 g/mol. The molecule has 0 saturated carbocycles. The lowest BCUT2D eigenvalue weighted by Gasteiger charge is -2.00. The Kier molecular flexibility index (Phi) is 3.69. The number of rotatable bonds is 2. The van der Waals surface area contributed by atoms with Gasteiger partial charge >= 0.3 is 5.97 Å². The molecule has 0 atom stereocenters. The molecule has 0 fully saturated rings. The minimum absolute atomic E-state index is 0.0559. The molecular formula is C14H6BrF2NO2S. The van der Waals surface area contributed by atoms with Crippen LogP contribution in [0.1, 0.15) is 11.1 Å². The summed E-state index contributed by atoms with van der Waals surface area (Å²) >= 11 is 4.77. The lowest BCUT2D eigenvalue weighted by molar-refractivity contribution is -0.129. The fourth-order valence-electron chi connectivity index (χ4n) is 1.74. The zero-order valence-corrected chi connectivity index (χ0v) is 12.7. The second kappa shape index (κ2) is 5.50. The van der Waals surface area contributed by atoms with Crippen LogP contribution in [-0.2, 0) is 9.53 Å². The molecule has 2 aromatic rings. The maximum absolute atomic E-state index is 13.7. The van der Waals surface area contributed by atoms with Gasteiger partial charge in [-0.15, -0.1) is 11.3 Å². The van der Waals surface area contributed by atoms with Crippen molar-refractivity contribution in [3.05, 3.63) is 61.9 Å². The van der Waals surface area contributed by atoms with E-state index in [-0.39, 0.29) is 17.2 Å². The summed E-state index contributed by atoms with van der Waals surface area (Å²) in [5, 5.41) is 1.83. The van der Waals surface area contributed by atoms with E-state index in [9.17, 15) is 13.6 Å². The third-order valence-electron chi connectivity index (χ3n) is 2.67. The molecule has 2 heterocycles. The number of cyclic esters (lactones) is 1. The maximum atomic E-state index is 13.7. The van der Waals surface area contributed by atoms with E-state index in [1.54, 1.807) is 0 Å². The Morgan fingerprint density at radius 1 is 1.29 bits per heavy atom. The van der Waals surface area contributed by atoms with Gasteiger partial charge < -0.3 is 4.74 Å². The first kappa shape index (κ1) is 14.1. The summed E-state index contributed by atoms with van der Waals surface area (Å²) in [6, 6.07) is 4.79. The number of carbonyl (C=O) groups excluding carboxylic acids is 1. The molecule has 0 bridgehead atoms. The van der Waals surface area contributed by atoms with Crippen molar-refractivity contribution in [3.63, 3.8) is 0 Å². The van der Waals surface area contributed by atoms with Gasteiger partial charge in [-0.2, -0.15) is 0 Å². The van der Waals surface area contributed by atoms with Crippen LogP contribution in [-0.4, -0.2) is 11.9 Å². The zero-order valence-electron chi connectivity index (χ0n) is 10.3. The fraction of sp³-hybridized carbons (Fsp3) is 0. The number of thiophene rings is 1. The van der Waals surface area contributed by atoms with Crippen LogP contribution in [0.3, 0.4) is 0 Å². The van der Waals surface area contributed by atoms with Gasteiger partial charge in [-0.05, 0) is 51.1 Å². The van der Waals surface area contributed by atoms with Crippen LogP contribution < -0.4 is 0 Å². The second-order valence-corrected chi connectivity index (χ2v) is 6.43. The van der Waals surface area contributed by atoms with Gasteiger partial charge in [0.15, 0.2) is 5.70 Å². The van der Waals surface area contributed by atoms with Gasteiger partial charge in [0.1, 0.15) is 11.6 Å². The van der Waals surface area contributed by atoms with Crippen molar-refractivity contribution in [2.75, 3.05) is 0 Å². The van der Waals surface area contributed by atoms with E-state index in [1.807, 2.05) is 11.4 Å². The first-order valence-corrected chi connectivity index (χ1v) is 7.42. The maximum Gasteiger partial charge on any atom is 0.363 e. The molecule has 7 heteroatoms. The van der Waals surface area contributed by atoms with E-state index < -0.39 is 17.6 Å². The van der Waals surface area contributed by atoms with E-state index in [0.29, 0.717) is 6.07 Å². The molecule has 0 spiro atoms. The minimum atomic E-state index is -0.832. The minimum Gasteiger partial charge on any atom is -0.402 e.